The van der Waals surface area contributed by atoms with Crippen molar-refractivity contribution in [2.75, 3.05) is 0 Å². The first-order valence-electron chi connectivity index (χ1n) is 16.5. The van der Waals surface area contributed by atoms with Gasteiger partial charge in [-0.2, -0.15) is 13.2 Å². The third-order valence-corrected chi connectivity index (χ3v) is 9.30. The van der Waals surface area contributed by atoms with Crippen molar-refractivity contribution in [3.8, 4) is 28.2 Å². The van der Waals surface area contributed by atoms with Crippen LogP contribution in [0.25, 0.3) is 61.2 Å². The molecular formula is C42H39F3N2O. The topological polar surface area (TPSA) is 31.0 Å². The van der Waals surface area contributed by atoms with Crippen LogP contribution in [0.1, 0.15) is 82.6 Å². The zero-order chi connectivity index (χ0) is 34.1. The van der Waals surface area contributed by atoms with E-state index in [0.717, 1.165) is 55.3 Å². The van der Waals surface area contributed by atoms with Crippen LogP contribution in [0.5, 0.6) is 0 Å². The minimum Gasteiger partial charge on any atom is -0.455 e. The van der Waals surface area contributed by atoms with Crippen LogP contribution >= 0.6 is 0 Å². The summed E-state index contributed by atoms with van der Waals surface area (Å²) >= 11 is 0. The summed E-state index contributed by atoms with van der Waals surface area (Å²) in [6.07, 6.45) is -4.46. The molecule has 3 nitrogen and oxygen atoms in total. The molecule has 7 aromatic rings. The molecule has 0 aliphatic rings. The van der Waals surface area contributed by atoms with Crippen LogP contribution in [0.15, 0.2) is 101 Å². The Morgan fingerprint density at radius 1 is 0.708 bits per heavy atom. The third-order valence-electron chi connectivity index (χ3n) is 9.30. The Kier molecular flexibility index (Phi) is 7.54. The van der Waals surface area contributed by atoms with E-state index in [0.29, 0.717) is 22.5 Å². The predicted octanol–water partition coefficient (Wildman–Crippen LogP) is 12.8. The van der Waals surface area contributed by atoms with Crippen molar-refractivity contribution < 1.29 is 17.6 Å². The molecule has 2 heterocycles. The smallest absolute Gasteiger partial charge is 0.416 e. The molecule has 0 amide bonds. The number of nitrogens with zero attached hydrogens (tertiary/aromatic N) is 2. The van der Waals surface area contributed by atoms with Gasteiger partial charge in [-0.05, 0) is 87.5 Å². The van der Waals surface area contributed by atoms with Crippen LogP contribution in [0, 0.1) is 0 Å². The zero-order valence-corrected chi connectivity index (χ0v) is 28.3. The van der Waals surface area contributed by atoms with Crippen LogP contribution in [0.4, 0.5) is 13.2 Å². The van der Waals surface area contributed by atoms with E-state index in [9.17, 15) is 13.2 Å². The van der Waals surface area contributed by atoms with Crippen LogP contribution in [0.3, 0.4) is 0 Å². The van der Waals surface area contributed by atoms with Gasteiger partial charge in [0.25, 0.3) is 0 Å². The summed E-state index contributed by atoms with van der Waals surface area (Å²) in [5.41, 5.74) is 8.33. The molecule has 0 fully saturated rings. The second kappa shape index (κ2) is 11.4. The zero-order valence-electron chi connectivity index (χ0n) is 28.3. The van der Waals surface area contributed by atoms with Gasteiger partial charge in [0.2, 0.25) is 0 Å². The average Bonchev–Trinajstić information content (AvgIpc) is 3.61. The van der Waals surface area contributed by atoms with Crippen molar-refractivity contribution in [1.29, 1.82) is 0 Å². The highest BCUT2D eigenvalue weighted by atomic mass is 19.4. The molecule has 0 spiro atoms. The number of benzene rings is 5. The van der Waals surface area contributed by atoms with E-state index < -0.39 is 11.7 Å². The number of hydrogen-bond donors (Lipinski definition) is 0. The molecule has 0 aliphatic carbocycles. The SMILES string of the molecule is CC(C)c1cc(C(F)(F)F)cc(C(C)C)c1-n1c(-c2ccc(C(C)(C)C)c3c2oc2cc(-c4ccccc4)ccc23)nc2ccccc21. The van der Waals surface area contributed by atoms with Crippen molar-refractivity contribution in [1.82, 2.24) is 9.55 Å². The van der Waals surface area contributed by atoms with E-state index in [1.807, 2.05) is 70.2 Å². The van der Waals surface area contributed by atoms with Gasteiger partial charge in [-0.15, -0.1) is 0 Å². The fraction of sp³-hybridized carbons (Fsp3) is 0.262. The molecule has 0 N–H and O–H groups in total. The Morgan fingerprint density at radius 2 is 1.35 bits per heavy atom. The molecule has 0 unspecified atom stereocenters. The number of hydrogen-bond acceptors (Lipinski definition) is 2. The highest BCUT2D eigenvalue weighted by Gasteiger charge is 2.34. The molecule has 0 saturated carbocycles. The molecule has 5 aromatic carbocycles. The van der Waals surface area contributed by atoms with Gasteiger partial charge in [0.15, 0.2) is 0 Å². The monoisotopic (exact) mass is 644 g/mol. The first-order valence-corrected chi connectivity index (χ1v) is 16.5. The van der Waals surface area contributed by atoms with E-state index in [1.165, 1.54) is 12.1 Å². The van der Waals surface area contributed by atoms with E-state index in [2.05, 4.69) is 67.8 Å². The van der Waals surface area contributed by atoms with Gasteiger partial charge < -0.3 is 4.42 Å². The van der Waals surface area contributed by atoms with Crippen LogP contribution in [0.2, 0.25) is 0 Å². The summed E-state index contributed by atoms with van der Waals surface area (Å²) in [7, 11) is 0. The molecule has 0 aliphatic heterocycles. The summed E-state index contributed by atoms with van der Waals surface area (Å²) in [5.74, 6) is 0.270. The molecule has 0 atom stereocenters. The maximum atomic E-state index is 14.3. The molecule has 0 radical (unpaired) electrons. The fourth-order valence-electron chi connectivity index (χ4n) is 6.91. The van der Waals surface area contributed by atoms with Gasteiger partial charge in [0.05, 0.1) is 27.8 Å². The minimum absolute atomic E-state index is 0.181. The van der Waals surface area contributed by atoms with Gasteiger partial charge in [-0.25, -0.2) is 4.98 Å². The lowest BCUT2D eigenvalue weighted by Gasteiger charge is -2.25. The lowest BCUT2D eigenvalue weighted by Crippen LogP contribution is -2.14. The van der Waals surface area contributed by atoms with Crippen LogP contribution in [-0.4, -0.2) is 9.55 Å². The molecule has 2 aromatic heterocycles. The lowest BCUT2D eigenvalue weighted by atomic mass is 9.83. The quantitative estimate of drug-likeness (QED) is 0.187. The number of para-hydroxylation sites is 2. The average molecular weight is 645 g/mol. The number of imidazole rings is 1. The second-order valence-corrected chi connectivity index (χ2v) is 14.4. The molecular weight excluding hydrogens is 605 g/mol. The molecule has 0 saturated heterocycles. The first-order chi connectivity index (χ1) is 22.7. The summed E-state index contributed by atoms with van der Waals surface area (Å²) in [6.45, 7) is 14.4. The first kappa shape index (κ1) is 31.7. The Morgan fingerprint density at radius 3 is 1.98 bits per heavy atom. The number of alkyl halides is 3. The van der Waals surface area contributed by atoms with Crippen molar-refractivity contribution in [2.45, 2.75) is 71.9 Å². The number of furan rings is 1. The Balaban J connectivity index is 1.60. The lowest BCUT2D eigenvalue weighted by molar-refractivity contribution is -0.137. The summed E-state index contributed by atoms with van der Waals surface area (Å²) in [5, 5.41) is 2.04. The Bertz CT molecular complexity index is 2290. The van der Waals surface area contributed by atoms with Crippen molar-refractivity contribution in [3.63, 3.8) is 0 Å². The van der Waals surface area contributed by atoms with Crippen molar-refractivity contribution >= 4 is 33.0 Å². The molecule has 48 heavy (non-hydrogen) atoms. The highest BCUT2D eigenvalue weighted by Crippen LogP contribution is 2.46. The van der Waals surface area contributed by atoms with E-state index >= 15 is 0 Å². The number of rotatable bonds is 5. The Hall–Kier alpha value is -4.84. The van der Waals surface area contributed by atoms with Crippen molar-refractivity contribution in [3.05, 3.63) is 119 Å². The Labute approximate surface area is 279 Å². The molecule has 0 bridgehead atoms. The second-order valence-electron chi connectivity index (χ2n) is 14.4. The fourth-order valence-corrected chi connectivity index (χ4v) is 6.91. The largest absolute Gasteiger partial charge is 0.455 e. The molecule has 244 valence electrons. The normalized spacial score (nSPS) is 12.8. The highest BCUT2D eigenvalue weighted by molar-refractivity contribution is 6.12. The van der Waals surface area contributed by atoms with Crippen molar-refractivity contribution in [2.24, 2.45) is 0 Å². The standard InChI is InChI=1S/C42H39F3N2O/c1-24(2)31-22-28(42(43,44)45)23-32(25(3)4)38(31)47-35-16-12-11-15-34(35)46-40(47)30-19-20-33(41(5,6)7)37-29-18-17-27(21-36(29)48-39(30)37)26-13-9-8-10-14-26/h8-25H,1-7H3. The molecule has 6 heteroatoms. The maximum absolute atomic E-state index is 14.3. The van der Waals surface area contributed by atoms with Gasteiger partial charge >= 0.3 is 6.18 Å². The van der Waals surface area contributed by atoms with Gasteiger partial charge in [-0.3, -0.25) is 4.57 Å². The number of halogens is 3. The van der Waals surface area contributed by atoms with Gasteiger partial charge in [-0.1, -0.05) is 103 Å². The summed E-state index contributed by atoms with van der Waals surface area (Å²) in [4.78, 5) is 5.19. The maximum Gasteiger partial charge on any atom is 0.416 e. The number of fused-ring (bicyclic) bond motifs is 4. The van der Waals surface area contributed by atoms with Gasteiger partial charge in [0.1, 0.15) is 17.0 Å². The van der Waals surface area contributed by atoms with E-state index in [4.69, 9.17) is 9.40 Å². The predicted molar refractivity (Wildman–Crippen MR) is 191 cm³/mol. The third kappa shape index (κ3) is 5.28. The number of aromatic nitrogens is 2. The summed E-state index contributed by atoms with van der Waals surface area (Å²) in [6, 6.07) is 31.3. The minimum atomic E-state index is -4.46. The van der Waals surface area contributed by atoms with E-state index in [-0.39, 0.29) is 17.3 Å². The molecule has 7 rings (SSSR count). The van der Waals surface area contributed by atoms with Crippen LogP contribution < -0.4 is 0 Å². The summed E-state index contributed by atoms with van der Waals surface area (Å²) < 4.78 is 51.7. The van der Waals surface area contributed by atoms with Gasteiger partial charge in [0, 0.05) is 10.8 Å². The van der Waals surface area contributed by atoms with E-state index in [1.54, 1.807) is 0 Å². The van der Waals surface area contributed by atoms with Crippen LogP contribution in [-0.2, 0) is 11.6 Å².